The molecule has 0 spiro atoms. The molecular formula is C16H15ClN4O2. The van der Waals surface area contributed by atoms with Gasteiger partial charge < -0.3 is 4.57 Å². The lowest BCUT2D eigenvalue weighted by Gasteiger charge is -2.05. The zero-order chi connectivity index (χ0) is 16.6. The summed E-state index contributed by atoms with van der Waals surface area (Å²) in [5.74, 6) is 0. The van der Waals surface area contributed by atoms with Gasteiger partial charge in [-0.2, -0.15) is 4.98 Å². The zero-order valence-corrected chi connectivity index (χ0v) is 13.5. The van der Waals surface area contributed by atoms with Crippen LogP contribution in [0.2, 0.25) is 5.28 Å². The van der Waals surface area contributed by atoms with Gasteiger partial charge in [-0.3, -0.25) is 13.9 Å². The van der Waals surface area contributed by atoms with Gasteiger partial charge in [0.15, 0.2) is 11.2 Å². The molecule has 0 aliphatic rings. The number of rotatable bonds is 3. The summed E-state index contributed by atoms with van der Waals surface area (Å²) in [6, 6.07) is 9.80. The number of aromatic nitrogens is 4. The molecule has 2 heterocycles. The zero-order valence-electron chi connectivity index (χ0n) is 12.7. The molecule has 7 heteroatoms. The lowest BCUT2D eigenvalue weighted by molar-refractivity contribution is 0.703. The fourth-order valence-electron chi connectivity index (χ4n) is 2.44. The first-order chi connectivity index (χ1) is 11.0. The highest BCUT2D eigenvalue weighted by atomic mass is 35.5. The molecule has 0 N–H and O–H groups in total. The minimum absolute atomic E-state index is 0.177. The summed E-state index contributed by atoms with van der Waals surface area (Å²) in [5, 5.41) is 0.177. The third-order valence-corrected chi connectivity index (χ3v) is 3.99. The van der Waals surface area contributed by atoms with Crippen molar-refractivity contribution in [2.75, 3.05) is 0 Å². The van der Waals surface area contributed by atoms with Crippen molar-refractivity contribution in [3.63, 3.8) is 0 Å². The van der Waals surface area contributed by atoms with E-state index in [0.717, 1.165) is 10.1 Å². The van der Waals surface area contributed by atoms with Gasteiger partial charge in [-0.25, -0.2) is 4.79 Å². The fraction of sp³-hybridized carbons (Fsp3) is 0.188. The Balaban J connectivity index is 2.08. The number of hydrogen-bond acceptors (Lipinski definition) is 3. The quantitative estimate of drug-likeness (QED) is 0.688. The number of nitrogens with zero attached hydrogens (tertiary/aromatic N) is 4. The molecule has 0 aliphatic heterocycles. The number of halogens is 1. The van der Waals surface area contributed by atoms with Crippen LogP contribution in [0.15, 0.2) is 46.0 Å². The first-order valence-electron chi connectivity index (χ1n) is 7.04. The van der Waals surface area contributed by atoms with Crippen LogP contribution >= 0.6 is 11.6 Å². The van der Waals surface area contributed by atoms with Crippen LogP contribution in [0.3, 0.4) is 0 Å². The molecule has 0 atom stereocenters. The lowest BCUT2D eigenvalue weighted by Crippen LogP contribution is -2.37. The van der Waals surface area contributed by atoms with E-state index in [1.165, 1.54) is 11.6 Å². The Kier molecular flexibility index (Phi) is 3.92. The second kappa shape index (κ2) is 5.89. The smallest absolute Gasteiger partial charge is 0.305 e. The van der Waals surface area contributed by atoms with Crippen molar-refractivity contribution in [3.8, 4) is 0 Å². The van der Waals surface area contributed by atoms with Crippen molar-refractivity contribution in [2.24, 2.45) is 14.1 Å². The molecule has 0 aliphatic carbocycles. The molecule has 118 valence electrons. The number of allylic oxidation sites excluding steroid dienone is 1. The SMILES string of the molecule is Cn1c(=O)c2c(nc(Cl)n2C/C=C/c2ccccc2)n(C)c1=O. The maximum Gasteiger partial charge on any atom is 0.332 e. The summed E-state index contributed by atoms with van der Waals surface area (Å²) in [5.41, 5.74) is 0.820. The van der Waals surface area contributed by atoms with Crippen molar-refractivity contribution < 1.29 is 0 Å². The number of benzene rings is 1. The van der Waals surface area contributed by atoms with Crippen LogP contribution in [0.5, 0.6) is 0 Å². The normalized spacial score (nSPS) is 11.6. The largest absolute Gasteiger partial charge is 0.332 e. The lowest BCUT2D eigenvalue weighted by atomic mass is 10.2. The number of fused-ring (bicyclic) bond motifs is 1. The topological polar surface area (TPSA) is 61.8 Å². The minimum atomic E-state index is -0.427. The molecule has 0 saturated heterocycles. The van der Waals surface area contributed by atoms with Gasteiger partial charge in [0.1, 0.15) is 0 Å². The maximum atomic E-state index is 12.4. The van der Waals surface area contributed by atoms with E-state index in [1.807, 2.05) is 42.5 Å². The Morgan fingerprint density at radius 1 is 1.13 bits per heavy atom. The minimum Gasteiger partial charge on any atom is -0.305 e. The third-order valence-electron chi connectivity index (χ3n) is 3.70. The summed E-state index contributed by atoms with van der Waals surface area (Å²) in [4.78, 5) is 28.5. The molecule has 0 amide bonds. The van der Waals surface area contributed by atoms with E-state index >= 15 is 0 Å². The molecule has 0 bridgehead atoms. The number of aryl methyl sites for hydroxylation is 1. The summed E-state index contributed by atoms with van der Waals surface area (Å²) in [7, 11) is 3.01. The molecule has 23 heavy (non-hydrogen) atoms. The number of hydrogen-bond donors (Lipinski definition) is 0. The van der Waals surface area contributed by atoms with E-state index in [1.54, 1.807) is 11.6 Å². The summed E-state index contributed by atoms with van der Waals surface area (Å²) in [6.07, 6.45) is 3.83. The first-order valence-corrected chi connectivity index (χ1v) is 7.42. The molecule has 2 aromatic heterocycles. The molecule has 0 fully saturated rings. The molecule has 6 nitrogen and oxygen atoms in total. The fourth-order valence-corrected chi connectivity index (χ4v) is 2.68. The molecular weight excluding hydrogens is 316 g/mol. The Morgan fingerprint density at radius 2 is 1.83 bits per heavy atom. The molecule has 0 unspecified atom stereocenters. The van der Waals surface area contributed by atoms with Crippen LogP contribution in [-0.2, 0) is 20.6 Å². The Hall–Kier alpha value is -2.60. The average molecular weight is 331 g/mol. The van der Waals surface area contributed by atoms with Gasteiger partial charge in [-0.15, -0.1) is 0 Å². The summed E-state index contributed by atoms with van der Waals surface area (Å²) in [6.45, 7) is 0.387. The summed E-state index contributed by atoms with van der Waals surface area (Å²) >= 11 is 6.15. The third kappa shape index (κ3) is 2.61. The summed E-state index contributed by atoms with van der Waals surface area (Å²) < 4.78 is 3.97. The van der Waals surface area contributed by atoms with E-state index in [2.05, 4.69) is 4.98 Å². The van der Waals surface area contributed by atoms with Crippen LogP contribution in [0.25, 0.3) is 17.2 Å². The molecule has 0 radical (unpaired) electrons. The van der Waals surface area contributed by atoms with Crippen molar-refractivity contribution in [1.82, 2.24) is 18.7 Å². The van der Waals surface area contributed by atoms with Crippen LogP contribution in [0.1, 0.15) is 5.56 Å². The molecule has 0 saturated carbocycles. The van der Waals surface area contributed by atoms with Crippen molar-refractivity contribution >= 4 is 28.8 Å². The molecule has 3 aromatic rings. The molecule has 3 rings (SSSR count). The van der Waals surface area contributed by atoms with Crippen LogP contribution in [-0.4, -0.2) is 18.7 Å². The highest BCUT2D eigenvalue weighted by Gasteiger charge is 2.17. The van der Waals surface area contributed by atoms with E-state index in [4.69, 9.17) is 11.6 Å². The Morgan fingerprint density at radius 3 is 2.52 bits per heavy atom. The monoisotopic (exact) mass is 330 g/mol. The van der Waals surface area contributed by atoms with Gasteiger partial charge in [-0.05, 0) is 17.2 Å². The second-order valence-electron chi connectivity index (χ2n) is 5.18. The maximum absolute atomic E-state index is 12.4. The van der Waals surface area contributed by atoms with E-state index < -0.39 is 11.2 Å². The van der Waals surface area contributed by atoms with E-state index in [9.17, 15) is 9.59 Å². The van der Waals surface area contributed by atoms with Gasteiger partial charge in [-0.1, -0.05) is 42.5 Å². The first kappa shape index (κ1) is 15.3. The standard InChI is InChI=1S/C16H15ClN4O2/c1-19-13-12(14(22)20(2)16(19)23)21(15(17)18-13)10-6-9-11-7-4-3-5-8-11/h3-9H,10H2,1-2H3/b9-6+. The van der Waals surface area contributed by atoms with E-state index in [-0.39, 0.29) is 10.9 Å². The van der Waals surface area contributed by atoms with Gasteiger partial charge in [0, 0.05) is 20.6 Å². The van der Waals surface area contributed by atoms with Gasteiger partial charge in [0.2, 0.25) is 5.28 Å². The van der Waals surface area contributed by atoms with Crippen LogP contribution in [0, 0.1) is 0 Å². The van der Waals surface area contributed by atoms with Gasteiger partial charge >= 0.3 is 5.69 Å². The predicted octanol–water partition coefficient (Wildman–Crippen LogP) is 1.80. The van der Waals surface area contributed by atoms with Crippen LogP contribution in [0.4, 0.5) is 0 Å². The van der Waals surface area contributed by atoms with E-state index in [0.29, 0.717) is 12.1 Å². The molecule has 1 aromatic carbocycles. The second-order valence-corrected chi connectivity index (χ2v) is 5.52. The highest BCUT2D eigenvalue weighted by Crippen LogP contribution is 2.15. The van der Waals surface area contributed by atoms with Crippen molar-refractivity contribution in [3.05, 3.63) is 68.1 Å². The van der Waals surface area contributed by atoms with Crippen molar-refractivity contribution in [1.29, 1.82) is 0 Å². The average Bonchev–Trinajstić information content (AvgIpc) is 2.89. The van der Waals surface area contributed by atoms with Gasteiger partial charge in [0.05, 0.1) is 0 Å². The Bertz CT molecular complexity index is 1010. The predicted molar refractivity (Wildman–Crippen MR) is 90.7 cm³/mol. The highest BCUT2D eigenvalue weighted by molar-refractivity contribution is 6.29. The van der Waals surface area contributed by atoms with Gasteiger partial charge in [0.25, 0.3) is 5.56 Å². The van der Waals surface area contributed by atoms with Crippen LogP contribution < -0.4 is 11.2 Å². The number of imidazole rings is 1. The Labute approximate surface area is 136 Å². The van der Waals surface area contributed by atoms with Crippen molar-refractivity contribution in [2.45, 2.75) is 6.54 Å².